The Balaban J connectivity index is 2.81. The van der Waals surface area contributed by atoms with Gasteiger partial charge in [-0.2, -0.15) is 0 Å². The molecule has 0 radical (unpaired) electrons. The summed E-state index contributed by atoms with van der Waals surface area (Å²) in [4.78, 5) is 19.6. The van der Waals surface area contributed by atoms with Crippen LogP contribution in [0.3, 0.4) is 0 Å². The molecule has 0 aromatic heterocycles. The first-order valence-electron chi connectivity index (χ1n) is 4.38. The van der Waals surface area contributed by atoms with Gasteiger partial charge in [0.05, 0.1) is 0 Å². The molecular weight excluding hydrogens is 200 g/mol. The molecule has 0 amide bonds. The Morgan fingerprint density at radius 2 is 1.47 bits per heavy atom. The van der Waals surface area contributed by atoms with Crippen molar-refractivity contribution in [1.29, 1.82) is 0 Å². The Morgan fingerprint density at radius 3 is 1.87 bits per heavy atom. The third kappa shape index (κ3) is 3.72. The zero-order valence-corrected chi connectivity index (χ0v) is 7.91. The first-order valence-corrected chi connectivity index (χ1v) is 4.38. The normalized spacial score (nSPS) is 10.2. The van der Waals surface area contributed by atoms with Gasteiger partial charge in [-0.1, -0.05) is 30.3 Å². The summed E-state index contributed by atoms with van der Waals surface area (Å²) in [5, 5.41) is 20.7. The summed E-state index contributed by atoms with van der Waals surface area (Å²) in [5.41, 5.74) is 0.630. The third-order valence-corrected chi connectivity index (χ3v) is 2.01. The van der Waals surface area contributed by atoms with E-state index in [1.54, 1.807) is 30.3 Å². The smallest absolute Gasteiger partial charge is 0.217 e. The van der Waals surface area contributed by atoms with Crippen LogP contribution in [0.2, 0.25) is 0 Å². The highest BCUT2D eigenvalue weighted by Gasteiger charge is 2.22. The molecule has 0 saturated carbocycles. The summed E-state index contributed by atoms with van der Waals surface area (Å²) in [6.45, 7) is -0.823. The molecular formula is C9H10N2O4. The number of hydrogen-bond donors (Lipinski definition) is 0. The van der Waals surface area contributed by atoms with Crippen LogP contribution in [0.5, 0.6) is 0 Å². The van der Waals surface area contributed by atoms with E-state index >= 15 is 0 Å². The quantitative estimate of drug-likeness (QED) is 0.541. The highest BCUT2D eigenvalue weighted by Crippen LogP contribution is 2.15. The van der Waals surface area contributed by atoms with E-state index in [1.807, 2.05) is 0 Å². The molecule has 0 unspecified atom stereocenters. The Kier molecular flexibility index (Phi) is 3.73. The molecule has 6 nitrogen and oxygen atoms in total. The lowest BCUT2D eigenvalue weighted by molar-refractivity contribution is -0.516. The van der Waals surface area contributed by atoms with E-state index < -0.39 is 28.9 Å². The number of benzene rings is 1. The molecule has 0 bridgehead atoms. The molecule has 0 aliphatic heterocycles. The predicted molar refractivity (Wildman–Crippen MR) is 52.9 cm³/mol. The Hall–Kier alpha value is -1.98. The summed E-state index contributed by atoms with van der Waals surface area (Å²) >= 11 is 0. The van der Waals surface area contributed by atoms with E-state index in [4.69, 9.17) is 0 Å². The van der Waals surface area contributed by atoms with E-state index in [-0.39, 0.29) is 0 Å². The average molecular weight is 210 g/mol. The lowest BCUT2D eigenvalue weighted by Crippen LogP contribution is -2.20. The third-order valence-electron chi connectivity index (χ3n) is 2.01. The van der Waals surface area contributed by atoms with Gasteiger partial charge in [0.25, 0.3) is 0 Å². The average Bonchev–Trinajstić information content (AvgIpc) is 2.17. The number of hydrogen-bond acceptors (Lipinski definition) is 4. The van der Waals surface area contributed by atoms with Crippen molar-refractivity contribution in [2.75, 3.05) is 13.1 Å². The summed E-state index contributed by atoms with van der Waals surface area (Å²) < 4.78 is 0. The van der Waals surface area contributed by atoms with E-state index in [0.717, 1.165) is 0 Å². The lowest BCUT2D eigenvalue weighted by Gasteiger charge is -2.07. The minimum Gasteiger partial charge on any atom is -0.265 e. The van der Waals surface area contributed by atoms with Crippen molar-refractivity contribution in [2.24, 2.45) is 0 Å². The molecule has 1 aromatic carbocycles. The summed E-state index contributed by atoms with van der Waals surface area (Å²) in [5.74, 6) is -0.656. The fourth-order valence-corrected chi connectivity index (χ4v) is 1.35. The molecule has 80 valence electrons. The van der Waals surface area contributed by atoms with Crippen LogP contribution >= 0.6 is 0 Å². The number of nitro groups is 2. The van der Waals surface area contributed by atoms with E-state index in [0.29, 0.717) is 5.56 Å². The van der Waals surface area contributed by atoms with E-state index in [1.165, 1.54) is 0 Å². The highest BCUT2D eigenvalue weighted by molar-refractivity contribution is 5.19. The van der Waals surface area contributed by atoms with Crippen LogP contribution in [-0.4, -0.2) is 22.9 Å². The molecule has 1 aromatic rings. The van der Waals surface area contributed by atoms with E-state index in [9.17, 15) is 20.2 Å². The monoisotopic (exact) mass is 210 g/mol. The number of rotatable bonds is 5. The van der Waals surface area contributed by atoms with Gasteiger partial charge in [-0.05, 0) is 5.56 Å². The molecule has 0 aliphatic rings. The van der Waals surface area contributed by atoms with Gasteiger partial charge in [-0.3, -0.25) is 20.2 Å². The first kappa shape index (κ1) is 11.1. The fourth-order valence-electron chi connectivity index (χ4n) is 1.35. The van der Waals surface area contributed by atoms with Crippen molar-refractivity contribution in [3.05, 3.63) is 56.1 Å². The van der Waals surface area contributed by atoms with Gasteiger partial charge < -0.3 is 0 Å². The van der Waals surface area contributed by atoms with Crippen LogP contribution in [0, 0.1) is 20.2 Å². The van der Waals surface area contributed by atoms with Crippen LogP contribution in [0.1, 0.15) is 11.5 Å². The second-order valence-electron chi connectivity index (χ2n) is 3.14. The zero-order chi connectivity index (χ0) is 11.3. The van der Waals surface area contributed by atoms with Gasteiger partial charge in [0, 0.05) is 9.85 Å². The molecule has 6 heteroatoms. The van der Waals surface area contributed by atoms with Crippen LogP contribution in [0.15, 0.2) is 30.3 Å². The van der Waals surface area contributed by atoms with Crippen molar-refractivity contribution in [1.82, 2.24) is 0 Å². The SMILES string of the molecule is O=[N+]([O-])CC(C[N+](=O)[O-])c1ccccc1. The van der Waals surface area contributed by atoms with Gasteiger partial charge in [-0.15, -0.1) is 0 Å². The van der Waals surface area contributed by atoms with Crippen LogP contribution in [0.25, 0.3) is 0 Å². The minimum atomic E-state index is -0.656. The van der Waals surface area contributed by atoms with Crippen molar-refractivity contribution < 1.29 is 9.85 Å². The summed E-state index contributed by atoms with van der Waals surface area (Å²) in [6, 6.07) is 8.51. The van der Waals surface area contributed by atoms with Gasteiger partial charge in [-0.25, -0.2) is 0 Å². The molecule has 0 aliphatic carbocycles. The maximum absolute atomic E-state index is 10.3. The summed E-state index contributed by atoms with van der Waals surface area (Å²) in [7, 11) is 0. The van der Waals surface area contributed by atoms with Crippen LogP contribution < -0.4 is 0 Å². The Bertz CT molecular complexity index is 336. The maximum atomic E-state index is 10.3. The van der Waals surface area contributed by atoms with Crippen molar-refractivity contribution in [3.63, 3.8) is 0 Å². The van der Waals surface area contributed by atoms with Gasteiger partial charge in [0.15, 0.2) is 0 Å². The largest absolute Gasteiger partial charge is 0.265 e. The summed E-state index contributed by atoms with van der Waals surface area (Å²) in [6.07, 6.45) is 0. The highest BCUT2D eigenvalue weighted by atomic mass is 16.6. The molecule has 0 spiro atoms. The predicted octanol–water partition coefficient (Wildman–Crippen LogP) is 1.32. The van der Waals surface area contributed by atoms with Crippen molar-refractivity contribution in [2.45, 2.75) is 5.92 Å². The molecule has 0 fully saturated rings. The number of nitrogens with zero attached hydrogens (tertiary/aromatic N) is 2. The minimum absolute atomic E-state index is 0.412. The molecule has 1 rings (SSSR count). The maximum Gasteiger partial charge on any atom is 0.217 e. The van der Waals surface area contributed by atoms with Gasteiger partial charge in [0.1, 0.15) is 5.92 Å². The Labute approximate surface area is 85.8 Å². The van der Waals surface area contributed by atoms with Crippen LogP contribution in [0.4, 0.5) is 0 Å². The first-order chi connectivity index (χ1) is 7.09. The molecule has 0 atom stereocenters. The van der Waals surface area contributed by atoms with Gasteiger partial charge in [0.2, 0.25) is 13.1 Å². The second-order valence-corrected chi connectivity index (χ2v) is 3.14. The standard InChI is InChI=1S/C9H10N2O4/c12-10(13)6-9(7-11(14)15)8-4-2-1-3-5-8/h1-5,9H,6-7H2. The molecule has 0 heterocycles. The molecule has 0 N–H and O–H groups in total. The zero-order valence-electron chi connectivity index (χ0n) is 7.91. The fraction of sp³-hybridized carbons (Fsp3) is 0.333. The molecule has 0 saturated heterocycles. The lowest BCUT2D eigenvalue weighted by atomic mass is 10.00. The van der Waals surface area contributed by atoms with Crippen molar-refractivity contribution in [3.8, 4) is 0 Å². The second kappa shape index (κ2) is 5.04. The van der Waals surface area contributed by atoms with Crippen molar-refractivity contribution >= 4 is 0 Å². The Morgan fingerprint density at radius 1 is 1.00 bits per heavy atom. The van der Waals surface area contributed by atoms with E-state index in [2.05, 4.69) is 0 Å². The van der Waals surface area contributed by atoms with Gasteiger partial charge >= 0.3 is 0 Å². The molecule has 15 heavy (non-hydrogen) atoms. The topological polar surface area (TPSA) is 86.3 Å². The van der Waals surface area contributed by atoms with Crippen LogP contribution in [-0.2, 0) is 0 Å².